The van der Waals surface area contributed by atoms with E-state index in [0.29, 0.717) is 11.5 Å². The average molecular weight is 202 g/mol. The fourth-order valence-corrected chi connectivity index (χ4v) is 1.76. The first-order valence-electron chi connectivity index (χ1n) is 5.25. The Kier molecular flexibility index (Phi) is 2.58. The zero-order valence-electron chi connectivity index (χ0n) is 8.99. The zero-order valence-corrected chi connectivity index (χ0v) is 8.99. The predicted molar refractivity (Wildman–Crippen MR) is 61.2 cm³/mol. The largest absolute Gasteiger partial charge is 0.423 e. The summed E-state index contributed by atoms with van der Waals surface area (Å²) in [5.74, 6) is 0.388. The second-order valence-corrected chi connectivity index (χ2v) is 3.83. The molecule has 2 heteroatoms. The maximum atomic E-state index is 11.4. The number of hydrogen-bond donors (Lipinski definition) is 0. The third kappa shape index (κ3) is 1.80. The summed E-state index contributed by atoms with van der Waals surface area (Å²) in [5.41, 5.74) is 1.51. The summed E-state index contributed by atoms with van der Waals surface area (Å²) in [4.78, 5) is 11.4. The normalized spacial score (nSPS) is 12.9. The molecule has 15 heavy (non-hydrogen) atoms. The predicted octanol–water partition coefficient (Wildman–Crippen LogP) is 3.31. The van der Waals surface area contributed by atoms with Gasteiger partial charge in [0.25, 0.3) is 0 Å². The van der Waals surface area contributed by atoms with Gasteiger partial charge in [-0.1, -0.05) is 32.0 Å². The van der Waals surface area contributed by atoms with E-state index in [-0.39, 0.29) is 5.63 Å². The molecule has 1 unspecified atom stereocenters. The average Bonchev–Trinajstić information content (AvgIpc) is 2.26. The molecule has 78 valence electrons. The molecule has 0 aliphatic rings. The third-order valence-electron chi connectivity index (χ3n) is 2.83. The SMILES string of the molecule is CCC(C)c1cc(=O)oc2ccccc12. The number of para-hydroxylation sites is 1. The van der Waals surface area contributed by atoms with Crippen molar-refractivity contribution in [1.82, 2.24) is 0 Å². The molecule has 0 aliphatic heterocycles. The van der Waals surface area contributed by atoms with E-state index in [1.54, 1.807) is 6.07 Å². The Morgan fingerprint density at radius 2 is 2.07 bits per heavy atom. The van der Waals surface area contributed by atoms with Crippen molar-refractivity contribution in [1.29, 1.82) is 0 Å². The van der Waals surface area contributed by atoms with Crippen LogP contribution in [0.5, 0.6) is 0 Å². The Balaban J connectivity index is 2.76. The van der Waals surface area contributed by atoms with Crippen LogP contribution in [0.1, 0.15) is 31.7 Å². The second kappa shape index (κ2) is 3.89. The van der Waals surface area contributed by atoms with Gasteiger partial charge in [-0.05, 0) is 24.0 Å². The standard InChI is InChI=1S/C13H14O2/c1-3-9(2)11-8-13(14)15-12-7-5-4-6-10(11)12/h4-9H,3H2,1-2H3. The molecule has 0 amide bonds. The van der Waals surface area contributed by atoms with Crippen molar-refractivity contribution in [3.05, 3.63) is 46.3 Å². The Hall–Kier alpha value is -1.57. The van der Waals surface area contributed by atoms with Crippen LogP contribution < -0.4 is 5.63 Å². The minimum atomic E-state index is -0.260. The highest BCUT2D eigenvalue weighted by molar-refractivity contribution is 5.80. The number of hydrogen-bond acceptors (Lipinski definition) is 2. The fraction of sp³-hybridized carbons (Fsp3) is 0.308. The van der Waals surface area contributed by atoms with Crippen molar-refractivity contribution in [2.24, 2.45) is 0 Å². The Morgan fingerprint density at radius 1 is 1.33 bits per heavy atom. The molecule has 2 aromatic rings. The summed E-state index contributed by atoms with van der Waals surface area (Å²) in [6.45, 7) is 4.25. The molecule has 2 rings (SSSR count). The molecule has 1 aromatic heterocycles. The molecule has 0 fully saturated rings. The van der Waals surface area contributed by atoms with Gasteiger partial charge in [-0.3, -0.25) is 0 Å². The van der Waals surface area contributed by atoms with Crippen LogP contribution >= 0.6 is 0 Å². The highest BCUT2D eigenvalue weighted by atomic mass is 16.4. The molecular formula is C13H14O2. The van der Waals surface area contributed by atoms with Gasteiger partial charge in [0.05, 0.1) is 0 Å². The first-order valence-corrected chi connectivity index (χ1v) is 5.25. The van der Waals surface area contributed by atoms with Crippen molar-refractivity contribution in [3.63, 3.8) is 0 Å². The Morgan fingerprint density at radius 3 is 2.80 bits per heavy atom. The summed E-state index contributed by atoms with van der Waals surface area (Å²) in [6.07, 6.45) is 1.02. The Labute approximate surface area is 88.5 Å². The molecular weight excluding hydrogens is 188 g/mol. The lowest BCUT2D eigenvalue weighted by Crippen LogP contribution is -2.02. The highest BCUT2D eigenvalue weighted by Crippen LogP contribution is 2.25. The monoisotopic (exact) mass is 202 g/mol. The summed E-state index contributed by atoms with van der Waals surface area (Å²) < 4.78 is 5.14. The van der Waals surface area contributed by atoms with Crippen molar-refractivity contribution >= 4 is 11.0 Å². The number of rotatable bonds is 2. The molecule has 2 nitrogen and oxygen atoms in total. The zero-order chi connectivity index (χ0) is 10.8. The van der Waals surface area contributed by atoms with E-state index in [0.717, 1.165) is 17.4 Å². The smallest absolute Gasteiger partial charge is 0.336 e. The molecule has 0 spiro atoms. The van der Waals surface area contributed by atoms with Crippen molar-refractivity contribution in [3.8, 4) is 0 Å². The topological polar surface area (TPSA) is 30.2 Å². The van der Waals surface area contributed by atoms with Crippen LogP contribution in [0.15, 0.2) is 39.5 Å². The lowest BCUT2D eigenvalue weighted by atomic mass is 9.96. The van der Waals surface area contributed by atoms with Gasteiger partial charge in [0.1, 0.15) is 5.58 Å². The van der Waals surface area contributed by atoms with Crippen LogP contribution in [0, 0.1) is 0 Å². The van der Waals surface area contributed by atoms with Gasteiger partial charge in [0, 0.05) is 11.5 Å². The highest BCUT2D eigenvalue weighted by Gasteiger charge is 2.09. The van der Waals surface area contributed by atoms with Crippen LogP contribution in [0.3, 0.4) is 0 Å². The molecule has 1 atom stereocenters. The molecule has 1 heterocycles. The van der Waals surface area contributed by atoms with Crippen LogP contribution in [-0.2, 0) is 0 Å². The van der Waals surface area contributed by atoms with Gasteiger partial charge in [0.15, 0.2) is 0 Å². The molecule has 0 saturated heterocycles. The van der Waals surface area contributed by atoms with Crippen LogP contribution in [0.25, 0.3) is 11.0 Å². The molecule has 0 saturated carbocycles. The van der Waals surface area contributed by atoms with Crippen LogP contribution in [-0.4, -0.2) is 0 Å². The van der Waals surface area contributed by atoms with E-state index in [2.05, 4.69) is 13.8 Å². The van der Waals surface area contributed by atoms with Gasteiger partial charge in [-0.15, -0.1) is 0 Å². The summed E-state index contributed by atoms with van der Waals surface area (Å²) >= 11 is 0. The van der Waals surface area contributed by atoms with Gasteiger partial charge >= 0.3 is 5.63 Å². The molecule has 0 aliphatic carbocycles. The number of fused-ring (bicyclic) bond motifs is 1. The van der Waals surface area contributed by atoms with Crippen molar-refractivity contribution < 1.29 is 4.42 Å². The number of benzene rings is 1. The van der Waals surface area contributed by atoms with Gasteiger partial charge in [-0.25, -0.2) is 4.79 Å². The lowest BCUT2D eigenvalue weighted by Gasteiger charge is -2.10. The minimum Gasteiger partial charge on any atom is -0.423 e. The molecule has 0 N–H and O–H groups in total. The Bertz CT molecular complexity index is 525. The van der Waals surface area contributed by atoms with E-state index in [9.17, 15) is 4.79 Å². The van der Waals surface area contributed by atoms with Crippen molar-refractivity contribution in [2.45, 2.75) is 26.2 Å². The van der Waals surface area contributed by atoms with E-state index >= 15 is 0 Å². The third-order valence-corrected chi connectivity index (χ3v) is 2.83. The summed E-state index contributed by atoms with van der Waals surface area (Å²) in [6, 6.07) is 9.29. The summed E-state index contributed by atoms with van der Waals surface area (Å²) in [5, 5.41) is 1.05. The van der Waals surface area contributed by atoms with E-state index in [1.165, 1.54) is 0 Å². The quantitative estimate of drug-likeness (QED) is 0.699. The van der Waals surface area contributed by atoms with Crippen molar-refractivity contribution in [2.75, 3.05) is 0 Å². The molecule has 1 aromatic carbocycles. The van der Waals surface area contributed by atoms with E-state index < -0.39 is 0 Å². The lowest BCUT2D eigenvalue weighted by molar-refractivity contribution is 0.555. The van der Waals surface area contributed by atoms with Crippen LogP contribution in [0.4, 0.5) is 0 Å². The first-order chi connectivity index (χ1) is 7.22. The van der Waals surface area contributed by atoms with Gasteiger partial charge < -0.3 is 4.42 Å². The van der Waals surface area contributed by atoms with E-state index in [4.69, 9.17) is 4.42 Å². The van der Waals surface area contributed by atoms with E-state index in [1.807, 2.05) is 24.3 Å². The van der Waals surface area contributed by atoms with Crippen LogP contribution in [0.2, 0.25) is 0 Å². The van der Waals surface area contributed by atoms with Gasteiger partial charge in [0.2, 0.25) is 0 Å². The molecule has 0 bridgehead atoms. The second-order valence-electron chi connectivity index (χ2n) is 3.83. The maximum absolute atomic E-state index is 11.4. The fourth-order valence-electron chi connectivity index (χ4n) is 1.76. The summed E-state index contributed by atoms with van der Waals surface area (Å²) in [7, 11) is 0. The van der Waals surface area contributed by atoms with Gasteiger partial charge in [-0.2, -0.15) is 0 Å². The minimum absolute atomic E-state index is 0.260. The maximum Gasteiger partial charge on any atom is 0.336 e. The first kappa shape index (κ1) is 9.97. The molecule has 0 radical (unpaired) electrons.